The van der Waals surface area contributed by atoms with Gasteiger partial charge in [0.15, 0.2) is 0 Å². The van der Waals surface area contributed by atoms with Gasteiger partial charge < -0.3 is 10.2 Å². The third kappa shape index (κ3) is 3.84. The van der Waals surface area contributed by atoms with E-state index in [0.29, 0.717) is 6.42 Å². The molecule has 3 aromatic rings. The third-order valence-corrected chi connectivity index (χ3v) is 5.45. The Kier molecular flexibility index (Phi) is 5.08. The maximum atomic E-state index is 12.1. The molecule has 1 saturated heterocycles. The number of nitrogens with zero attached hydrogens (tertiary/aromatic N) is 4. The van der Waals surface area contributed by atoms with Crippen molar-refractivity contribution in [2.75, 3.05) is 42.9 Å². The lowest BCUT2D eigenvalue weighted by Gasteiger charge is -2.34. The smallest absolute Gasteiger partial charge is 0.225 e. The first-order valence-electron chi connectivity index (χ1n) is 8.81. The van der Waals surface area contributed by atoms with E-state index in [1.54, 1.807) is 23.9 Å². The van der Waals surface area contributed by atoms with Gasteiger partial charge in [0, 0.05) is 50.7 Å². The topological polar surface area (TPSA) is 61.4 Å². The highest BCUT2D eigenvalue weighted by Crippen LogP contribution is 2.29. The van der Waals surface area contributed by atoms with Crippen LogP contribution in [0.2, 0.25) is 0 Å². The minimum absolute atomic E-state index is 0.0333. The second-order valence-corrected chi connectivity index (χ2v) is 7.18. The van der Waals surface area contributed by atoms with Crippen LogP contribution in [0.15, 0.2) is 48.8 Å². The maximum Gasteiger partial charge on any atom is 0.225 e. The van der Waals surface area contributed by atoms with Gasteiger partial charge >= 0.3 is 0 Å². The predicted octanol–water partition coefficient (Wildman–Crippen LogP) is 2.84. The standard InChI is InChI=1S/C19H21N5OS/c25-18(21-15-4-3-8-20-14-15)7-9-23-10-12-24(13-11-23)19-16-5-1-2-6-17(16)26-22-19/h1-6,8,14H,7,9-13H2,(H,21,25). The molecule has 1 aliphatic heterocycles. The van der Waals surface area contributed by atoms with E-state index in [2.05, 4.69) is 48.7 Å². The molecule has 0 spiro atoms. The van der Waals surface area contributed by atoms with Crippen molar-refractivity contribution in [3.8, 4) is 0 Å². The van der Waals surface area contributed by atoms with Crippen molar-refractivity contribution in [1.29, 1.82) is 0 Å². The van der Waals surface area contributed by atoms with Gasteiger partial charge in [0.1, 0.15) is 5.82 Å². The Labute approximate surface area is 156 Å². The highest BCUT2D eigenvalue weighted by Gasteiger charge is 2.21. The fourth-order valence-electron chi connectivity index (χ4n) is 3.20. The average molecular weight is 367 g/mol. The molecule has 7 heteroatoms. The molecule has 1 amide bonds. The number of benzene rings is 1. The van der Waals surface area contributed by atoms with Gasteiger partial charge in [0.2, 0.25) is 5.91 Å². The van der Waals surface area contributed by atoms with Crippen molar-refractivity contribution in [3.63, 3.8) is 0 Å². The van der Waals surface area contributed by atoms with Crippen LogP contribution in [-0.4, -0.2) is 52.9 Å². The zero-order chi connectivity index (χ0) is 17.8. The minimum atomic E-state index is 0.0333. The van der Waals surface area contributed by atoms with E-state index in [-0.39, 0.29) is 5.91 Å². The number of anilines is 2. The Morgan fingerprint density at radius 3 is 2.77 bits per heavy atom. The third-order valence-electron chi connectivity index (χ3n) is 4.63. The van der Waals surface area contributed by atoms with E-state index < -0.39 is 0 Å². The molecule has 0 aliphatic carbocycles. The Morgan fingerprint density at radius 2 is 1.96 bits per heavy atom. The van der Waals surface area contributed by atoms with Gasteiger partial charge in [-0.1, -0.05) is 12.1 Å². The van der Waals surface area contributed by atoms with Crippen LogP contribution in [0.1, 0.15) is 6.42 Å². The number of carbonyl (C=O) groups is 1. The number of nitrogens with one attached hydrogen (secondary N) is 1. The van der Waals surface area contributed by atoms with Crippen LogP contribution in [0.4, 0.5) is 11.5 Å². The molecule has 0 saturated carbocycles. The van der Waals surface area contributed by atoms with Gasteiger partial charge in [-0.05, 0) is 35.8 Å². The number of hydrogen-bond acceptors (Lipinski definition) is 6. The number of fused-ring (bicyclic) bond motifs is 1. The number of hydrogen-bond donors (Lipinski definition) is 1. The molecule has 134 valence electrons. The second kappa shape index (κ2) is 7.80. The molecule has 0 radical (unpaired) electrons. The summed E-state index contributed by atoms with van der Waals surface area (Å²) in [6.45, 7) is 4.56. The lowest BCUT2D eigenvalue weighted by atomic mass is 10.2. The molecule has 0 bridgehead atoms. The number of aromatic nitrogens is 2. The SMILES string of the molecule is O=C(CCN1CCN(c2nsc3ccccc23)CC1)Nc1cccnc1. The number of pyridine rings is 1. The lowest BCUT2D eigenvalue weighted by molar-refractivity contribution is -0.116. The van der Waals surface area contributed by atoms with Crippen molar-refractivity contribution >= 4 is 39.0 Å². The minimum Gasteiger partial charge on any atom is -0.353 e. The first kappa shape index (κ1) is 16.9. The van der Waals surface area contributed by atoms with Crippen LogP contribution in [0.3, 0.4) is 0 Å². The van der Waals surface area contributed by atoms with Crippen LogP contribution in [0.25, 0.3) is 10.1 Å². The highest BCUT2D eigenvalue weighted by molar-refractivity contribution is 7.13. The zero-order valence-electron chi connectivity index (χ0n) is 14.5. The van der Waals surface area contributed by atoms with Crippen molar-refractivity contribution in [1.82, 2.24) is 14.3 Å². The summed E-state index contributed by atoms with van der Waals surface area (Å²) in [5.41, 5.74) is 0.748. The summed E-state index contributed by atoms with van der Waals surface area (Å²) in [6, 6.07) is 12.0. The molecule has 1 fully saturated rings. The molecule has 0 unspecified atom stereocenters. The molecule has 6 nitrogen and oxygen atoms in total. The van der Waals surface area contributed by atoms with Crippen LogP contribution in [0.5, 0.6) is 0 Å². The highest BCUT2D eigenvalue weighted by atomic mass is 32.1. The Morgan fingerprint density at radius 1 is 1.12 bits per heavy atom. The quantitative estimate of drug-likeness (QED) is 0.751. The van der Waals surface area contributed by atoms with Gasteiger partial charge in [-0.15, -0.1) is 0 Å². The lowest BCUT2D eigenvalue weighted by Crippen LogP contribution is -2.47. The Balaban J connectivity index is 1.27. The van der Waals surface area contributed by atoms with Gasteiger partial charge in [-0.3, -0.25) is 14.7 Å². The summed E-state index contributed by atoms with van der Waals surface area (Å²) in [5, 5.41) is 4.12. The fraction of sp³-hybridized carbons (Fsp3) is 0.316. The summed E-state index contributed by atoms with van der Waals surface area (Å²) in [7, 11) is 0. The van der Waals surface area contributed by atoms with Crippen molar-refractivity contribution in [2.45, 2.75) is 6.42 Å². The Hall–Kier alpha value is -2.51. The number of piperazine rings is 1. The maximum absolute atomic E-state index is 12.1. The van der Waals surface area contributed by atoms with Gasteiger partial charge in [0.25, 0.3) is 0 Å². The van der Waals surface area contributed by atoms with Crippen molar-refractivity contribution in [3.05, 3.63) is 48.8 Å². The summed E-state index contributed by atoms with van der Waals surface area (Å²) in [5.74, 6) is 1.13. The predicted molar refractivity (Wildman–Crippen MR) is 106 cm³/mol. The molecule has 2 aromatic heterocycles. The molecule has 3 heterocycles. The van der Waals surface area contributed by atoms with Crippen LogP contribution < -0.4 is 10.2 Å². The molecule has 1 aromatic carbocycles. The van der Waals surface area contributed by atoms with E-state index >= 15 is 0 Å². The van der Waals surface area contributed by atoms with E-state index in [4.69, 9.17) is 0 Å². The van der Waals surface area contributed by atoms with Crippen LogP contribution in [-0.2, 0) is 4.79 Å². The molecule has 0 atom stereocenters. The molecule has 1 aliphatic rings. The number of rotatable bonds is 5. The molecular weight excluding hydrogens is 346 g/mol. The van der Waals surface area contributed by atoms with E-state index in [0.717, 1.165) is 44.2 Å². The van der Waals surface area contributed by atoms with E-state index in [1.807, 2.05) is 12.1 Å². The molecule has 1 N–H and O–H groups in total. The van der Waals surface area contributed by atoms with Crippen LogP contribution in [0, 0.1) is 0 Å². The van der Waals surface area contributed by atoms with Crippen LogP contribution >= 0.6 is 11.5 Å². The number of carbonyl (C=O) groups excluding carboxylic acids is 1. The normalized spacial score (nSPS) is 15.3. The van der Waals surface area contributed by atoms with Gasteiger partial charge in [0.05, 0.1) is 16.6 Å². The Bertz CT molecular complexity index is 874. The second-order valence-electron chi connectivity index (χ2n) is 6.37. The summed E-state index contributed by atoms with van der Waals surface area (Å²) in [4.78, 5) is 20.8. The number of amides is 1. The summed E-state index contributed by atoms with van der Waals surface area (Å²) < 4.78 is 5.88. The van der Waals surface area contributed by atoms with Gasteiger partial charge in [-0.2, -0.15) is 4.37 Å². The zero-order valence-corrected chi connectivity index (χ0v) is 15.3. The largest absolute Gasteiger partial charge is 0.353 e. The van der Waals surface area contributed by atoms with Crippen molar-refractivity contribution in [2.24, 2.45) is 0 Å². The first-order chi connectivity index (χ1) is 12.8. The summed E-state index contributed by atoms with van der Waals surface area (Å²) >= 11 is 1.56. The van der Waals surface area contributed by atoms with E-state index in [9.17, 15) is 4.79 Å². The monoisotopic (exact) mass is 367 g/mol. The van der Waals surface area contributed by atoms with Crippen molar-refractivity contribution < 1.29 is 4.79 Å². The molecule has 26 heavy (non-hydrogen) atoms. The average Bonchev–Trinajstić information content (AvgIpc) is 3.12. The molecule has 4 rings (SSSR count). The summed E-state index contributed by atoms with van der Waals surface area (Å²) in [6.07, 6.45) is 3.85. The molecular formula is C19H21N5OS. The first-order valence-corrected chi connectivity index (χ1v) is 9.58. The van der Waals surface area contributed by atoms with Gasteiger partial charge in [-0.25, -0.2) is 0 Å². The fourth-order valence-corrected chi connectivity index (χ4v) is 4.00. The van der Waals surface area contributed by atoms with E-state index in [1.165, 1.54) is 10.1 Å².